The second kappa shape index (κ2) is 6.10. The van der Waals surface area contributed by atoms with Crippen LogP contribution in [-0.4, -0.2) is 32.3 Å². The summed E-state index contributed by atoms with van der Waals surface area (Å²) in [5.41, 5.74) is 0.181. The number of carbonyl (C=O) groups is 1. The van der Waals surface area contributed by atoms with Crippen LogP contribution in [0.4, 0.5) is 0 Å². The first-order valence-corrected chi connectivity index (χ1v) is 9.10. The van der Waals surface area contributed by atoms with Gasteiger partial charge in [-0.1, -0.05) is 23.2 Å². The van der Waals surface area contributed by atoms with Gasteiger partial charge in [0.25, 0.3) is 15.0 Å². The van der Waals surface area contributed by atoms with Crippen LogP contribution in [0.15, 0.2) is 17.0 Å². The van der Waals surface area contributed by atoms with Gasteiger partial charge in [0.15, 0.2) is 0 Å². The fraction of sp³-hybridized carbons (Fsp3) is 0.417. The number of halogens is 3. The van der Waals surface area contributed by atoms with Gasteiger partial charge < -0.3 is 4.90 Å². The third-order valence-corrected chi connectivity index (χ3v) is 5.41. The summed E-state index contributed by atoms with van der Waals surface area (Å²) in [6.07, 6.45) is 2.97. The van der Waals surface area contributed by atoms with Crippen LogP contribution >= 0.6 is 33.9 Å². The van der Waals surface area contributed by atoms with Crippen LogP contribution < -0.4 is 0 Å². The number of likely N-dealkylation sites (tertiary alicyclic amines) is 1. The molecule has 4 nitrogen and oxygen atoms in total. The van der Waals surface area contributed by atoms with Crippen molar-refractivity contribution in [2.45, 2.75) is 24.2 Å². The lowest BCUT2D eigenvalue weighted by atomic mass is 10.1. The van der Waals surface area contributed by atoms with Crippen molar-refractivity contribution in [3.05, 3.63) is 27.7 Å². The molecule has 0 atom stereocenters. The fourth-order valence-electron chi connectivity index (χ4n) is 2.14. The van der Waals surface area contributed by atoms with Crippen molar-refractivity contribution < 1.29 is 13.2 Å². The third kappa shape index (κ3) is 3.39. The van der Waals surface area contributed by atoms with Crippen molar-refractivity contribution in [2.24, 2.45) is 0 Å². The van der Waals surface area contributed by atoms with Gasteiger partial charge in [0, 0.05) is 29.3 Å². The van der Waals surface area contributed by atoms with Crippen LogP contribution in [0.1, 0.15) is 29.6 Å². The van der Waals surface area contributed by atoms with Crippen LogP contribution in [0.25, 0.3) is 0 Å². The van der Waals surface area contributed by atoms with Crippen LogP contribution in [0.2, 0.25) is 10.0 Å². The van der Waals surface area contributed by atoms with Gasteiger partial charge in [-0.25, -0.2) is 8.42 Å². The minimum Gasteiger partial charge on any atom is -0.339 e. The van der Waals surface area contributed by atoms with E-state index in [1.54, 1.807) is 4.90 Å². The molecular formula is C12H12Cl3NO3S. The van der Waals surface area contributed by atoms with Gasteiger partial charge in [-0.05, 0) is 31.4 Å². The summed E-state index contributed by atoms with van der Waals surface area (Å²) in [4.78, 5) is 13.7. The second-order valence-corrected chi connectivity index (χ2v) is 7.88. The Morgan fingerprint density at radius 3 is 2.25 bits per heavy atom. The monoisotopic (exact) mass is 355 g/mol. The first kappa shape index (κ1) is 15.9. The Bertz CT molecular complexity index is 640. The molecule has 1 aliphatic rings. The van der Waals surface area contributed by atoms with Crippen molar-refractivity contribution >= 4 is 48.8 Å². The van der Waals surface area contributed by atoms with E-state index in [0.29, 0.717) is 13.1 Å². The van der Waals surface area contributed by atoms with Gasteiger partial charge in [-0.2, -0.15) is 0 Å². The Balaban J connectivity index is 2.42. The number of rotatable bonds is 2. The standard InChI is InChI=1S/C12H12Cl3NO3S/c13-9-6-8(7-10(11(9)14)20(15,18)19)12(17)16-4-2-1-3-5-16/h6-7H,1-5H2. The molecule has 1 heterocycles. The summed E-state index contributed by atoms with van der Waals surface area (Å²) in [7, 11) is 1.24. The zero-order valence-corrected chi connectivity index (χ0v) is 13.5. The van der Waals surface area contributed by atoms with E-state index in [9.17, 15) is 13.2 Å². The molecule has 110 valence electrons. The summed E-state index contributed by atoms with van der Waals surface area (Å²) in [5.74, 6) is -0.259. The van der Waals surface area contributed by atoms with Gasteiger partial charge in [0.2, 0.25) is 0 Å². The molecule has 1 aromatic rings. The Kier molecular flexibility index (Phi) is 4.84. The molecule has 0 unspecified atom stereocenters. The summed E-state index contributed by atoms with van der Waals surface area (Å²) in [5, 5.41) is -0.175. The number of nitrogens with zero attached hydrogens (tertiary/aromatic N) is 1. The largest absolute Gasteiger partial charge is 0.339 e. The lowest BCUT2D eigenvalue weighted by Crippen LogP contribution is -2.35. The zero-order valence-electron chi connectivity index (χ0n) is 10.4. The minimum absolute atomic E-state index is 0.00579. The molecule has 0 radical (unpaired) electrons. The summed E-state index contributed by atoms with van der Waals surface area (Å²) < 4.78 is 22.9. The van der Waals surface area contributed by atoms with E-state index in [1.165, 1.54) is 12.1 Å². The molecule has 8 heteroatoms. The highest BCUT2D eigenvalue weighted by atomic mass is 35.7. The number of carbonyl (C=O) groups excluding carboxylic acids is 1. The number of amides is 1. The molecule has 20 heavy (non-hydrogen) atoms. The van der Waals surface area contributed by atoms with Crippen molar-refractivity contribution in [2.75, 3.05) is 13.1 Å². The second-order valence-electron chi connectivity index (χ2n) is 4.56. The molecule has 1 saturated heterocycles. The zero-order chi connectivity index (χ0) is 14.9. The molecule has 1 aromatic carbocycles. The highest BCUT2D eigenvalue weighted by molar-refractivity contribution is 8.13. The van der Waals surface area contributed by atoms with Crippen LogP contribution in [-0.2, 0) is 9.05 Å². The molecule has 0 bridgehead atoms. The number of hydrogen-bond donors (Lipinski definition) is 0. The smallest absolute Gasteiger partial charge is 0.262 e. The van der Waals surface area contributed by atoms with Gasteiger partial charge in [-0.3, -0.25) is 4.79 Å². The molecule has 0 saturated carbocycles. The van der Waals surface area contributed by atoms with Crippen molar-refractivity contribution in [1.82, 2.24) is 4.90 Å². The molecular weight excluding hydrogens is 345 g/mol. The van der Waals surface area contributed by atoms with E-state index >= 15 is 0 Å². The highest BCUT2D eigenvalue weighted by Crippen LogP contribution is 2.33. The quantitative estimate of drug-likeness (QED) is 0.762. The maximum absolute atomic E-state index is 12.3. The minimum atomic E-state index is -4.06. The Morgan fingerprint density at radius 1 is 1.10 bits per heavy atom. The van der Waals surface area contributed by atoms with E-state index < -0.39 is 9.05 Å². The van der Waals surface area contributed by atoms with Crippen LogP contribution in [0.3, 0.4) is 0 Å². The summed E-state index contributed by atoms with van der Waals surface area (Å²) >= 11 is 11.7. The molecule has 0 spiro atoms. The molecule has 0 aliphatic carbocycles. The fourth-order valence-corrected chi connectivity index (χ4v) is 3.91. The maximum Gasteiger partial charge on any atom is 0.262 e. The lowest BCUT2D eigenvalue weighted by Gasteiger charge is -2.27. The van der Waals surface area contributed by atoms with Crippen LogP contribution in [0, 0.1) is 0 Å². The van der Waals surface area contributed by atoms with E-state index in [-0.39, 0.29) is 26.4 Å². The van der Waals surface area contributed by atoms with Gasteiger partial charge in [0.1, 0.15) is 4.90 Å². The number of piperidine rings is 1. The Morgan fingerprint density at radius 2 is 1.70 bits per heavy atom. The predicted octanol–water partition coefficient (Wildman–Crippen LogP) is 3.55. The van der Waals surface area contributed by atoms with Crippen molar-refractivity contribution in [1.29, 1.82) is 0 Å². The van der Waals surface area contributed by atoms with Gasteiger partial charge in [-0.15, -0.1) is 0 Å². The maximum atomic E-state index is 12.3. The molecule has 1 amide bonds. The molecule has 0 N–H and O–H groups in total. The normalized spacial score (nSPS) is 16.2. The van der Waals surface area contributed by atoms with Gasteiger partial charge >= 0.3 is 0 Å². The van der Waals surface area contributed by atoms with Gasteiger partial charge in [0.05, 0.1) is 10.0 Å². The van der Waals surface area contributed by atoms with E-state index in [1.807, 2.05) is 0 Å². The molecule has 1 aliphatic heterocycles. The van der Waals surface area contributed by atoms with E-state index in [4.69, 9.17) is 33.9 Å². The van der Waals surface area contributed by atoms with Crippen molar-refractivity contribution in [3.8, 4) is 0 Å². The van der Waals surface area contributed by atoms with E-state index in [2.05, 4.69) is 0 Å². The number of benzene rings is 1. The number of hydrogen-bond acceptors (Lipinski definition) is 3. The average molecular weight is 357 g/mol. The lowest BCUT2D eigenvalue weighted by molar-refractivity contribution is 0.0724. The van der Waals surface area contributed by atoms with Crippen LogP contribution in [0.5, 0.6) is 0 Å². The first-order chi connectivity index (χ1) is 9.30. The highest BCUT2D eigenvalue weighted by Gasteiger charge is 2.24. The Hall–Kier alpha value is -0.490. The summed E-state index contributed by atoms with van der Waals surface area (Å²) in [6.45, 7) is 1.31. The van der Waals surface area contributed by atoms with E-state index in [0.717, 1.165) is 19.3 Å². The summed E-state index contributed by atoms with van der Waals surface area (Å²) in [6, 6.07) is 2.54. The molecule has 1 fully saturated rings. The molecule has 0 aromatic heterocycles. The predicted molar refractivity (Wildman–Crippen MR) is 79.3 cm³/mol. The SMILES string of the molecule is O=C(c1cc(Cl)c(Cl)c(S(=O)(=O)Cl)c1)N1CCCCC1. The third-order valence-electron chi connectivity index (χ3n) is 3.15. The topological polar surface area (TPSA) is 54.5 Å². The molecule has 2 rings (SSSR count). The van der Waals surface area contributed by atoms with Crippen molar-refractivity contribution in [3.63, 3.8) is 0 Å². The average Bonchev–Trinajstić information content (AvgIpc) is 2.40. The first-order valence-electron chi connectivity index (χ1n) is 6.03. The Labute approximate surface area is 132 Å².